The average molecular weight is 459 g/mol. The lowest BCUT2D eigenvalue weighted by atomic mass is 10.0. The Morgan fingerprint density at radius 1 is 1.15 bits per heavy atom. The van der Waals surface area contributed by atoms with Gasteiger partial charge in [0.2, 0.25) is 0 Å². The van der Waals surface area contributed by atoms with E-state index in [1.165, 1.54) is 29.5 Å². The number of pyridine rings is 1. The van der Waals surface area contributed by atoms with Gasteiger partial charge in [-0.25, -0.2) is 4.98 Å². The Bertz CT molecular complexity index is 1310. The van der Waals surface area contributed by atoms with Crippen molar-refractivity contribution in [2.75, 3.05) is 4.90 Å². The summed E-state index contributed by atoms with van der Waals surface area (Å²) in [6, 6.07) is 15.9. The molecule has 0 aliphatic rings. The van der Waals surface area contributed by atoms with Crippen LogP contribution in [0.2, 0.25) is 0 Å². The molecule has 0 radical (unpaired) electrons. The van der Waals surface area contributed by atoms with E-state index in [4.69, 9.17) is 4.98 Å². The lowest BCUT2D eigenvalue weighted by molar-refractivity contribution is -0.384. The second-order valence-electron chi connectivity index (χ2n) is 7.81. The first kappa shape index (κ1) is 22.3. The van der Waals surface area contributed by atoms with Crippen LogP contribution in [-0.2, 0) is 11.3 Å². The fourth-order valence-electron chi connectivity index (χ4n) is 3.42. The van der Waals surface area contributed by atoms with Gasteiger partial charge in [-0.05, 0) is 52.9 Å². The first-order valence-electron chi connectivity index (χ1n) is 10.4. The number of non-ortho nitro benzene ring substituents is 1. The molecule has 33 heavy (non-hydrogen) atoms. The van der Waals surface area contributed by atoms with Crippen LogP contribution in [0.4, 0.5) is 10.8 Å². The van der Waals surface area contributed by atoms with E-state index < -0.39 is 4.92 Å². The zero-order chi connectivity index (χ0) is 23.4. The van der Waals surface area contributed by atoms with Crippen LogP contribution in [0, 0.1) is 10.1 Å². The van der Waals surface area contributed by atoms with Gasteiger partial charge in [-0.3, -0.25) is 24.8 Å². The maximum atomic E-state index is 13.3. The molecular weight excluding hydrogens is 436 g/mol. The molecule has 4 rings (SSSR count). The third kappa shape index (κ3) is 5.12. The molecule has 0 N–H and O–H groups in total. The smallest absolute Gasteiger partial charge is 0.269 e. The van der Waals surface area contributed by atoms with Crippen molar-refractivity contribution in [1.29, 1.82) is 0 Å². The number of anilines is 1. The number of nitro groups is 1. The number of hydrogen-bond acceptors (Lipinski definition) is 6. The van der Waals surface area contributed by atoms with Gasteiger partial charge in [0, 0.05) is 30.6 Å². The van der Waals surface area contributed by atoms with E-state index in [0.29, 0.717) is 23.2 Å². The van der Waals surface area contributed by atoms with Gasteiger partial charge in [-0.2, -0.15) is 0 Å². The number of fused-ring (bicyclic) bond motifs is 1. The van der Waals surface area contributed by atoms with E-state index in [0.717, 1.165) is 21.3 Å². The highest BCUT2D eigenvalue weighted by Crippen LogP contribution is 2.34. The summed E-state index contributed by atoms with van der Waals surface area (Å²) >= 11 is 1.48. The summed E-state index contributed by atoms with van der Waals surface area (Å²) in [4.78, 5) is 34.3. The van der Waals surface area contributed by atoms with Crippen molar-refractivity contribution < 1.29 is 9.72 Å². The highest BCUT2D eigenvalue weighted by atomic mass is 32.1. The molecule has 2 heterocycles. The number of carbonyl (C=O) groups excluding carboxylic acids is 1. The van der Waals surface area contributed by atoms with Gasteiger partial charge in [-0.15, -0.1) is 0 Å². The predicted octanol–water partition coefficient (Wildman–Crippen LogP) is 5.97. The number of hydrogen-bond donors (Lipinski definition) is 0. The van der Waals surface area contributed by atoms with Gasteiger partial charge in [0.05, 0.1) is 21.7 Å². The van der Waals surface area contributed by atoms with Crippen LogP contribution in [0.25, 0.3) is 16.3 Å². The molecule has 8 heteroatoms. The molecule has 0 atom stereocenters. The highest BCUT2D eigenvalue weighted by molar-refractivity contribution is 7.22. The summed E-state index contributed by atoms with van der Waals surface area (Å²) in [6.07, 6.45) is 6.53. The first-order valence-corrected chi connectivity index (χ1v) is 11.3. The molecule has 0 aliphatic carbocycles. The SMILES string of the molecule is CC(C)c1cccc2sc(N(Cc3cccnc3)C(=O)/C=C/c3ccc([N+](=O)[O-])cc3)nc12. The van der Waals surface area contributed by atoms with Crippen molar-refractivity contribution in [2.24, 2.45) is 0 Å². The zero-order valence-corrected chi connectivity index (χ0v) is 19.0. The second kappa shape index (κ2) is 9.70. The number of benzene rings is 2. The quantitative estimate of drug-likeness (QED) is 0.193. The van der Waals surface area contributed by atoms with Gasteiger partial charge in [0.1, 0.15) is 0 Å². The van der Waals surface area contributed by atoms with Crippen LogP contribution in [0.5, 0.6) is 0 Å². The minimum absolute atomic E-state index is 0.00659. The fraction of sp³-hybridized carbons (Fsp3) is 0.160. The summed E-state index contributed by atoms with van der Waals surface area (Å²) in [5.41, 5.74) is 3.65. The summed E-state index contributed by atoms with van der Waals surface area (Å²) in [5, 5.41) is 11.5. The van der Waals surface area contributed by atoms with E-state index in [-0.39, 0.29) is 11.6 Å². The van der Waals surface area contributed by atoms with Crippen molar-refractivity contribution in [3.63, 3.8) is 0 Å². The van der Waals surface area contributed by atoms with Crippen molar-refractivity contribution in [3.05, 3.63) is 99.9 Å². The molecule has 2 aromatic carbocycles. The largest absolute Gasteiger partial charge is 0.280 e. The van der Waals surface area contributed by atoms with Crippen LogP contribution in [-0.4, -0.2) is 20.8 Å². The molecule has 4 aromatic rings. The summed E-state index contributed by atoms with van der Waals surface area (Å²) in [7, 11) is 0. The van der Waals surface area contributed by atoms with E-state index in [2.05, 4.69) is 24.9 Å². The van der Waals surface area contributed by atoms with Crippen LogP contribution in [0.1, 0.15) is 36.5 Å². The maximum absolute atomic E-state index is 13.3. The fourth-order valence-corrected chi connectivity index (χ4v) is 4.42. The number of nitro benzene ring substituents is 1. The molecule has 0 saturated carbocycles. The summed E-state index contributed by atoms with van der Waals surface area (Å²) in [5.74, 6) is 0.0792. The molecule has 166 valence electrons. The molecule has 0 bridgehead atoms. The van der Waals surface area contributed by atoms with Crippen LogP contribution < -0.4 is 4.90 Å². The topological polar surface area (TPSA) is 89.2 Å². The number of rotatable bonds is 7. The van der Waals surface area contributed by atoms with E-state index >= 15 is 0 Å². The van der Waals surface area contributed by atoms with Crippen molar-refractivity contribution in [1.82, 2.24) is 9.97 Å². The van der Waals surface area contributed by atoms with Crippen molar-refractivity contribution in [2.45, 2.75) is 26.3 Å². The standard InChI is InChI=1S/C25H22N4O3S/c1-17(2)21-6-3-7-22-24(21)27-25(33-22)28(16-19-5-4-14-26-15-19)23(30)13-10-18-8-11-20(12-9-18)29(31)32/h3-15,17H,16H2,1-2H3/b13-10+. The number of aromatic nitrogens is 2. The molecule has 0 aliphatic heterocycles. The van der Waals surface area contributed by atoms with Gasteiger partial charge in [0.15, 0.2) is 5.13 Å². The van der Waals surface area contributed by atoms with E-state index in [9.17, 15) is 14.9 Å². The third-order valence-corrected chi connectivity index (χ3v) is 6.19. The number of thiazole rings is 1. The van der Waals surface area contributed by atoms with Gasteiger partial charge < -0.3 is 0 Å². The molecule has 0 fully saturated rings. The Labute approximate surface area is 195 Å². The Balaban J connectivity index is 1.67. The van der Waals surface area contributed by atoms with E-state index in [1.807, 2.05) is 24.3 Å². The van der Waals surface area contributed by atoms with Crippen LogP contribution >= 0.6 is 11.3 Å². The first-order chi connectivity index (χ1) is 15.9. The molecule has 2 aromatic heterocycles. The Hall–Kier alpha value is -3.91. The van der Waals surface area contributed by atoms with Crippen molar-refractivity contribution >= 4 is 44.4 Å². The maximum Gasteiger partial charge on any atom is 0.269 e. The monoisotopic (exact) mass is 458 g/mol. The highest BCUT2D eigenvalue weighted by Gasteiger charge is 2.20. The zero-order valence-electron chi connectivity index (χ0n) is 18.2. The predicted molar refractivity (Wildman–Crippen MR) is 131 cm³/mol. The number of carbonyl (C=O) groups is 1. The lowest BCUT2D eigenvalue weighted by Gasteiger charge is -2.18. The van der Waals surface area contributed by atoms with Crippen LogP contribution in [0.15, 0.2) is 73.1 Å². The Kier molecular flexibility index (Phi) is 6.55. The summed E-state index contributed by atoms with van der Waals surface area (Å²) < 4.78 is 1.03. The third-order valence-electron chi connectivity index (χ3n) is 5.14. The average Bonchev–Trinajstić information content (AvgIpc) is 3.25. The number of amides is 1. The van der Waals surface area contributed by atoms with Gasteiger partial charge in [0.25, 0.3) is 11.6 Å². The Morgan fingerprint density at radius 3 is 2.61 bits per heavy atom. The summed E-state index contributed by atoms with van der Waals surface area (Å²) in [6.45, 7) is 4.58. The minimum atomic E-state index is -0.452. The van der Waals surface area contributed by atoms with Gasteiger partial charge >= 0.3 is 0 Å². The van der Waals surface area contributed by atoms with Crippen LogP contribution in [0.3, 0.4) is 0 Å². The lowest BCUT2D eigenvalue weighted by Crippen LogP contribution is -2.28. The molecule has 0 spiro atoms. The van der Waals surface area contributed by atoms with Crippen molar-refractivity contribution in [3.8, 4) is 0 Å². The molecule has 1 amide bonds. The van der Waals surface area contributed by atoms with E-state index in [1.54, 1.807) is 35.5 Å². The molecule has 0 unspecified atom stereocenters. The normalized spacial score (nSPS) is 11.4. The Morgan fingerprint density at radius 2 is 1.94 bits per heavy atom. The van der Waals surface area contributed by atoms with Gasteiger partial charge in [-0.1, -0.05) is 43.4 Å². The molecular formula is C25H22N4O3S. The molecule has 0 saturated heterocycles. The minimum Gasteiger partial charge on any atom is -0.280 e. The number of para-hydroxylation sites is 1. The molecule has 7 nitrogen and oxygen atoms in total. The number of nitrogens with zero attached hydrogens (tertiary/aromatic N) is 4. The second-order valence-corrected chi connectivity index (χ2v) is 8.82.